The van der Waals surface area contributed by atoms with Gasteiger partial charge in [-0.15, -0.1) is 0 Å². The average molecular weight is 495 g/mol. The molecule has 2 fully saturated rings. The lowest BCUT2D eigenvalue weighted by molar-refractivity contribution is 0.0951. The summed E-state index contributed by atoms with van der Waals surface area (Å²) in [5, 5.41) is 22.7. The molecule has 1 amide bonds. The van der Waals surface area contributed by atoms with Crippen molar-refractivity contribution in [3.8, 4) is 6.07 Å². The summed E-state index contributed by atoms with van der Waals surface area (Å²) in [7, 11) is 0. The van der Waals surface area contributed by atoms with Gasteiger partial charge < -0.3 is 21.3 Å². The van der Waals surface area contributed by atoms with Crippen molar-refractivity contribution in [2.45, 2.75) is 62.9 Å². The summed E-state index contributed by atoms with van der Waals surface area (Å²) in [6, 6.07) is 14.4. The lowest BCUT2D eigenvalue weighted by atomic mass is 9.91. The van der Waals surface area contributed by atoms with Crippen molar-refractivity contribution in [1.82, 2.24) is 25.6 Å². The van der Waals surface area contributed by atoms with Gasteiger partial charge in [-0.25, -0.2) is 9.97 Å². The van der Waals surface area contributed by atoms with E-state index in [1.165, 1.54) is 24.0 Å². The first kappa shape index (κ1) is 23.4. The van der Waals surface area contributed by atoms with Crippen LogP contribution in [0.3, 0.4) is 0 Å². The normalized spacial score (nSPS) is 17.4. The molecule has 9 heteroatoms. The summed E-state index contributed by atoms with van der Waals surface area (Å²) in [5.41, 5.74) is 4.06. The standard InChI is InChI=1S/C28H30N8O/c1-27(2,16-29)22-4-3-5-23(34-22)35-24-20(25(37)32-18-6-7-18)15-30-26(36-24)33-19-8-9-21-17(14-19)10-13-31-28(21)11-12-28/h3-5,8-9,14-15,18,31H,6-7,10-13H2,1-2H3,(H,32,37)(H2,30,33,34,35,36). The first-order valence-corrected chi connectivity index (χ1v) is 12.8. The Hall–Kier alpha value is -4.03. The van der Waals surface area contributed by atoms with Crippen LogP contribution in [-0.4, -0.2) is 33.4 Å². The minimum atomic E-state index is -0.747. The van der Waals surface area contributed by atoms with Gasteiger partial charge in [0.25, 0.3) is 5.91 Å². The lowest BCUT2D eigenvalue weighted by Crippen LogP contribution is -2.36. The van der Waals surface area contributed by atoms with Gasteiger partial charge in [-0.2, -0.15) is 10.2 Å². The maximum absolute atomic E-state index is 13.0. The second-order valence-corrected chi connectivity index (χ2v) is 10.7. The number of anilines is 4. The third-order valence-electron chi connectivity index (χ3n) is 7.35. The van der Waals surface area contributed by atoms with Gasteiger partial charge in [0.2, 0.25) is 5.95 Å². The Morgan fingerprint density at radius 3 is 2.76 bits per heavy atom. The molecule has 1 aromatic carbocycles. The number of nitrogens with one attached hydrogen (secondary N) is 4. The Morgan fingerprint density at radius 1 is 1.16 bits per heavy atom. The zero-order chi connectivity index (χ0) is 25.6. The summed E-state index contributed by atoms with van der Waals surface area (Å²) in [5.74, 6) is 1.02. The first-order valence-electron chi connectivity index (χ1n) is 12.8. The highest BCUT2D eigenvalue weighted by Gasteiger charge is 2.46. The van der Waals surface area contributed by atoms with Crippen molar-refractivity contribution in [2.24, 2.45) is 0 Å². The van der Waals surface area contributed by atoms with Crippen LogP contribution in [0, 0.1) is 11.3 Å². The number of carbonyl (C=O) groups excluding carboxylic acids is 1. The predicted molar refractivity (Wildman–Crippen MR) is 141 cm³/mol. The van der Waals surface area contributed by atoms with E-state index in [9.17, 15) is 10.1 Å². The maximum atomic E-state index is 13.0. The molecule has 3 aliphatic rings. The number of aromatic nitrogens is 3. The van der Waals surface area contributed by atoms with E-state index < -0.39 is 5.41 Å². The molecule has 1 spiro atoms. The summed E-state index contributed by atoms with van der Waals surface area (Å²) >= 11 is 0. The number of benzene rings is 1. The molecule has 1 aliphatic heterocycles. The van der Waals surface area contributed by atoms with Crippen LogP contribution in [0.5, 0.6) is 0 Å². The molecule has 3 heterocycles. The average Bonchev–Trinajstić information content (AvgIpc) is 3.83. The van der Waals surface area contributed by atoms with Crippen LogP contribution in [0.25, 0.3) is 0 Å². The molecule has 4 N–H and O–H groups in total. The number of nitrogens with zero attached hydrogens (tertiary/aromatic N) is 4. The fourth-order valence-corrected chi connectivity index (χ4v) is 4.80. The Labute approximate surface area is 216 Å². The number of amides is 1. The molecule has 6 rings (SSSR count). The van der Waals surface area contributed by atoms with E-state index >= 15 is 0 Å². The summed E-state index contributed by atoms with van der Waals surface area (Å²) < 4.78 is 0. The van der Waals surface area contributed by atoms with E-state index in [0.717, 1.165) is 31.5 Å². The molecule has 0 saturated heterocycles. The Bertz CT molecular complexity index is 1420. The molecule has 0 bridgehead atoms. The smallest absolute Gasteiger partial charge is 0.256 e. The Kier molecular flexibility index (Phi) is 5.57. The van der Waals surface area contributed by atoms with Crippen LogP contribution in [0.4, 0.5) is 23.3 Å². The van der Waals surface area contributed by atoms with Crippen LogP contribution in [0.1, 0.15) is 66.7 Å². The van der Waals surface area contributed by atoms with Gasteiger partial charge in [-0.1, -0.05) is 12.1 Å². The minimum Gasteiger partial charge on any atom is -0.349 e. The molecule has 0 unspecified atom stereocenters. The second kappa shape index (κ2) is 8.82. The quantitative estimate of drug-likeness (QED) is 0.385. The lowest BCUT2D eigenvalue weighted by Gasteiger charge is -2.27. The third kappa shape index (κ3) is 4.72. The zero-order valence-corrected chi connectivity index (χ0v) is 21.1. The van der Waals surface area contributed by atoms with Crippen molar-refractivity contribution >= 4 is 29.2 Å². The van der Waals surface area contributed by atoms with Crippen LogP contribution < -0.4 is 21.3 Å². The predicted octanol–water partition coefficient (Wildman–Crippen LogP) is 4.19. The molecular formula is C28H30N8O. The topological polar surface area (TPSA) is 128 Å². The maximum Gasteiger partial charge on any atom is 0.256 e. The molecule has 2 aromatic heterocycles. The van der Waals surface area contributed by atoms with Gasteiger partial charge in [0, 0.05) is 30.0 Å². The summed E-state index contributed by atoms with van der Waals surface area (Å²) in [6.07, 6.45) is 6.88. The number of carbonyl (C=O) groups is 1. The van der Waals surface area contributed by atoms with Crippen molar-refractivity contribution < 1.29 is 4.79 Å². The number of hydrogen-bond donors (Lipinski definition) is 4. The minimum absolute atomic E-state index is 0.178. The van der Waals surface area contributed by atoms with Crippen molar-refractivity contribution in [3.63, 3.8) is 0 Å². The van der Waals surface area contributed by atoms with Gasteiger partial charge in [-0.3, -0.25) is 4.79 Å². The number of nitriles is 1. The molecule has 0 radical (unpaired) electrons. The molecule has 3 aromatic rings. The fourth-order valence-electron chi connectivity index (χ4n) is 4.80. The molecule has 9 nitrogen and oxygen atoms in total. The highest BCUT2D eigenvalue weighted by atomic mass is 16.1. The van der Waals surface area contributed by atoms with E-state index in [1.54, 1.807) is 12.3 Å². The molecule has 2 aliphatic carbocycles. The van der Waals surface area contributed by atoms with Crippen LogP contribution in [0.15, 0.2) is 42.6 Å². The monoisotopic (exact) mass is 494 g/mol. The van der Waals surface area contributed by atoms with Crippen LogP contribution >= 0.6 is 0 Å². The molecule has 0 atom stereocenters. The SMILES string of the molecule is CC(C)(C#N)c1cccc(Nc2nc(Nc3ccc4c(c3)CCNC43CC3)ncc2C(=O)NC2CC2)n1. The van der Waals surface area contributed by atoms with Crippen molar-refractivity contribution in [1.29, 1.82) is 5.26 Å². The molecule has 37 heavy (non-hydrogen) atoms. The number of rotatable bonds is 7. The first-order chi connectivity index (χ1) is 17.8. The highest BCUT2D eigenvalue weighted by Crippen LogP contribution is 2.49. The van der Waals surface area contributed by atoms with Crippen LogP contribution in [-0.2, 0) is 17.4 Å². The van der Waals surface area contributed by atoms with Gasteiger partial charge in [0.05, 0.1) is 17.2 Å². The fraction of sp³-hybridized carbons (Fsp3) is 0.393. The van der Waals surface area contributed by atoms with Gasteiger partial charge in [0.1, 0.15) is 17.2 Å². The number of hydrogen-bond acceptors (Lipinski definition) is 8. The Morgan fingerprint density at radius 2 is 2.00 bits per heavy atom. The van der Waals surface area contributed by atoms with E-state index in [-0.39, 0.29) is 17.5 Å². The number of pyridine rings is 1. The summed E-state index contributed by atoms with van der Waals surface area (Å²) in [6.45, 7) is 4.63. The van der Waals surface area contributed by atoms with Crippen molar-refractivity contribution in [2.75, 3.05) is 17.2 Å². The molecular weight excluding hydrogens is 464 g/mol. The summed E-state index contributed by atoms with van der Waals surface area (Å²) in [4.78, 5) is 26.7. The van der Waals surface area contributed by atoms with Gasteiger partial charge in [-0.05, 0) is 81.3 Å². The molecule has 2 saturated carbocycles. The third-order valence-corrected chi connectivity index (χ3v) is 7.35. The van der Waals surface area contributed by atoms with E-state index in [4.69, 9.17) is 0 Å². The van der Waals surface area contributed by atoms with Gasteiger partial charge in [0.15, 0.2) is 0 Å². The zero-order valence-electron chi connectivity index (χ0n) is 21.1. The van der Waals surface area contributed by atoms with E-state index in [0.29, 0.717) is 28.8 Å². The van der Waals surface area contributed by atoms with Crippen LogP contribution in [0.2, 0.25) is 0 Å². The highest BCUT2D eigenvalue weighted by molar-refractivity contribution is 5.99. The number of fused-ring (bicyclic) bond motifs is 2. The largest absolute Gasteiger partial charge is 0.349 e. The second-order valence-electron chi connectivity index (χ2n) is 10.7. The van der Waals surface area contributed by atoms with Gasteiger partial charge >= 0.3 is 0 Å². The van der Waals surface area contributed by atoms with E-state index in [1.807, 2.05) is 26.0 Å². The molecule has 188 valence electrons. The van der Waals surface area contributed by atoms with Crippen molar-refractivity contribution in [3.05, 3.63) is 65.0 Å². The van der Waals surface area contributed by atoms with E-state index in [2.05, 4.69) is 60.5 Å². The Balaban J connectivity index is 1.29.